The van der Waals surface area contributed by atoms with Gasteiger partial charge in [0.15, 0.2) is 0 Å². The van der Waals surface area contributed by atoms with Gasteiger partial charge in [-0.25, -0.2) is 9.97 Å². The lowest BCUT2D eigenvalue weighted by Gasteiger charge is -2.08. The molecular formula is C18H14Cl2N4O. The Kier molecular flexibility index (Phi) is 5.48. The van der Waals surface area contributed by atoms with Crippen molar-refractivity contribution in [3.05, 3.63) is 82.1 Å². The van der Waals surface area contributed by atoms with E-state index in [1.165, 1.54) is 12.4 Å². The smallest absolute Gasteiger partial charge is 0.254 e. The highest BCUT2D eigenvalue weighted by Gasteiger charge is 2.08. The molecule has 0 unspecified atom stereocenters. The SMILES string of the molecule is O=C(NCc1ccccc1Cl)c1cnc(Nc2ccc(Cl)cc2)nc1. The van der Waals surface area contributed by atoms with Crippen molar-refractivity contribution in [1.29, 1.82) is 0 Å². The lowest BCUT2D eigenvalue weighted by atomic mass is 10.2. The number of halogens is 2. The van der Waals surface area contributed by atoms with E-state index in [-0.39, 0.29) is 5.91 Å². The van der Waals surface area contributed by atoms with Crippen LogP contribution in [0.5, 0.6) is 0 Å². The lowest BCUT2D eigenvalue weighted by Crippen LogP contribution is -2.23. The minimum absolute atomic E-state index is 0.266. The van der Waals surface area contributed by atoms with Crippen LogP contribution in [0.15, 0.2) is 60.9 Å². The number of anilines is 2. The summed E-state index contributed by atoms with van der Waals surface area (Å²) in [5, 5.41) is 7.09. The molecule has 25 heavy (non-hydrogen) atoms. The lowest BCUT2D eigenvalue weighted by molar-refractivity contribution is 0.0950. The molecular weight excluding hydrogens is 359 g/mol. The summed E-state index contributed by atoms with van der Waals surface area (Å²) in [7, 11) is 0. The highest BCUT2D eigenvalue weighted by molar-refractivity contribution is 6.31. The van der Waals surface area contributed by atoms with Crippen LogP contribution < -0.4 is 10.6 Å². The fourth-order valence-corrected chi connectivity index (χ4v) is 2.42. The molecule has 0 atom stereocenters. The summed E-state index contributed by atoms with van der Waals surface area (Å²) in [5.74, 6) is 0.128. The van der Waals surface area contributed by atoms with E-state index in [4.69, 9.17) is 23.2 Å². The number of hydrogen-bond acceptors (Lipinski definition) is 4. The first kappa shape index (κ1) is 17.2. The maximum atomic E-state index is 12.2. The van der Waals surface area contributed by atoms with Crippen molar-refractivity contribution in [2.45, 2.75) is 6.54 Å². The van der Waals surface area contributed by atoms with E-state index in [0.29, 0.717) is 28.1 Å². The third kappa shape index (κ3) is 4.68. The van der Waals surface area contributed by atoms with E-state index in [0.717, 1.165) is 11.3 Å². The van der Waals surface area contributed by atoms with Crippen molar-refractivity contribution in [2.24, 2.45) is 0 Å². The molecule has 2 N–H and O–H groups in total. The van der Waals surface area contributed by atoms with Gasteiger partial charge in [-0.1, -0.05) is 41.4 Å². The summed E-state index contributed by atoms with van der Waals surface area (Å²) in [5.41, 5.74) is 2.02. The Labute approximate surface area is 155 Å². The van der Waals surface area contributed by atoms with E-state index in [9.17, 15) is 4.79 Å². The highest BCUT2D eigenvalue weighted by atomic mass is 35.5. The van der Waals surface area contributed by atoms with Crippen LogP contribution in [-0.4, -0.2) is 15.9 Å². The summed E-state index contributed by atoms with van der Waals surface area (Å²) >= 11 is 11.9. The number of hydrogen-bond donors (Lipinski definition) is 2. The molecule has 3 rings (SSSR count). The minimum atomic E-state index is -0.266. The fourth-order valence-electron chi connectivity index (χ4n) is 2.09. The molecule has 0 radical (unpaired) electrons. The third-order valence-electron chi connectivity index (χ3n) is 3.41. The van der Waals surface area contributed by atoms with E-state index in [1.807, 2.05) is 30.3 Å². The van der Waals surface area contributed by atoms with Gasteiger partial charge in [0.25, 0.3) is 5.91 Å². The normalized spacial score (nSPS) is 10.3. The Bertz CT molecular complexity index is 867. The molecule has 0 spiro atoms. The molecule has 0 saturated carbocycles. The molecule has 0 aliphatic rings. The number of nitrogens with zero attached hydrogens (tertiary/aromatic N) is 2. The van der Waals surface area contributed by atoms with Crippen LogP contribution in [0.4, 0.5) is 11.6 Å². The molecule has 5 nitrogen and oxygen atoms in total. The van der Waals surface area contributed by atoms with E-state index in [1.54, 1.807) is 18.2 Å². The molecule has 7 heteroatoms. The Hall–Kier alpha value is -2.63. The molecule has 0 fully saturated rings. The van der Waals surface area contributed by atoms with Crippen LogP contribution in [0.1, 0.15) is 15.9 Å². The number of nitrogens with one attached hydrogen (secondary N) is 2. The van der Waals surface area contributed by atoms with Crippen LogP contribution in [0.3, 0.4) is 0 Å². The number of rotatable bonds is 5. The molecule has 0 aliphatic carbocycles. The molecule has 1 heterocycles. The zero-order valence-electron chi connectivity index (χ0n) is 13.0. The van der Waals surface area contributed by atoms with Gasteiger partial charge in [-0.15, -0.1) is 0 Å². The van der Waals surface area contributed by atoms with Crippen molar-refractivity contribution in [3.63, 3.8) is 0 Å². The van der Waals surface area contributed by atoms with Crippen LogP contribution in [0.2, 0.25) is 10.0 Å². The first-order chi connectivity index (χ1) is 12.1. The molecule has 3 aromatic rings. The van der Waals surface area contributed by atoms with Gasteiger partial charge in [0, 0.05) is 34.7 Å². The molecule has 0 aliphatic heterocycles. The average molecular weight is 373 g/mol. The van der Waals surface area contributed by atoms with Crippen molar-refractivity contribution >= 4 is 40.7 Å². The van der Waals surface area contributed by atoms with Crippen molar-refractivity contribution in [3.8, 4) is 0 Å². The quantitative estimate of drug-likeness (QED) is 0.693. The molecule has 0 bridgehead atoms. The number of carbonyl (C=O) groups excluding carboxylic acids is 1. The third-order valence-corrected chi connectivity index (χ3v) is 4.03. The predicted molar refractivity (Wildman–Crippen MR) is 99.4 cm³/mol. The standard InChI is InChI=1S/C18H14Cl2N4O/c19-14-5-7-15(8-6-14)24-18-22-10-13(11-23-18)17(25)21-9-12-3-1-2-4-16(12)20/h1-8,10-11H,9H2,(H,21,25)(H,22,23,24). The summed E-state index contributed by atoms with van der Waals surface area (Å²) in [6, 6.07) is 14.5. The van der Waals surface area contributed by atoms with Crippen molar-refractivity contribution in [1.82, 2.24) is 15.3 Å². The monoisotopic (exact) mass is 372 g/mol. The number of aromatic nitrogens is 2. The molecule has 2 aromatic carbocycles. The van der Waals surface area contributed by atoms with Crippen LogP contribution in [0, 0.1) is 0 Å². The topological polar surface area (TPSA) is 66.9 Å². The molecule has 1 amide bonds. The fraction of sp³-hybridized carbons (Fsp3) is 0.0556. The second kappa shape index (κ2) is 7.96. The number of benzene rings is 2. The van der Waals surface area contributed by atoms with Crippen molar-refractivity contribution < 1.29 is 4.79 Å². The summed E-state index contributed by atoms with van der Waals surface area (Å²) in [4.78, 5) is 20.5. The van der Waals surface area contributed by atoms with Gasteiger partial charge in [0.1, 0.15) is 0 Å². The van der Waals surface area contributed by atoms with Gasteiger partial charge in [-0.05, 0) is 35.9 Å². The largest absolute Gasteiger partial charge is 0.348 e. The predicted octanol–water partition coefficient (Wildman–Crippen LogP) is 4.46. The van der Waals surface area contributed by atoms with E-state index in [2.05, 4.69) is 20.6 Å². The highest BCUT2D eigenvalue weighted by Crippen LogP contribution is 2.17. The Balaban J connectivity index is 1.60. The zero-order chi connectivity index (χ0) is 17.6. The second-order valence-corrected chi connectivity index (χ2v) is 6.04. The summed E-state index contributed by atoms with van der Waals surface area (Å²) in [6.07, 6.45) is 2.93. The summed E-state index contributed by atoms with van der Waals surface area (Å²) in [6.45, 7) is 0.337. The van der Waals surface area contributed by atoms with Gasteiger partial charge in [-0.2, -0.15) is 0 Å². The number of carbonyl (C=O) groups is 1. The van der Waals surface area contributed by atoms with Gasteiger partial charge in [0.2, 0.25) is 5.95 Å². The van der Waals surface area contributed by atoms with Gasteiger partial charge >= 0.3 is 0 Å². The van der Waals surface area contributed by atoms with E-state index >= 15 is 0 Å². The van der Waals surface area contributed by atoms with Crippen molar-refractivity contribution in [2.75, 3.05) is 5.32 Å². The Morgan fingerprint density at radius 2 is 1.64 bits per heavy atom. The Morgan fingerprint density at radius 1 is 0.960 bits per heavy atom. The number of amides is 1. The maximum absolute atomic E-state index is 12.2. The van der Waals surface area contributed by atoms with Crippen LogP contribution in [0.25, 0.3) is 0 Å². The van der Waals surface area contributed by atoms with E-state index < -0.39 is 0 Å². The summed E-state index contributed by atoms with van der Waals surface area (Å²) < 4.78 is 0. The first-order valence-corrected chi connectivity index (χ1v) is 8.23. The minimum Gasteiger partial charge on any atom is -0.348 e. The van der Waals surface area contributed by atoms with Crippen LogP contribution in [-0.2, 0) is 6.54 Å². The Morgan fingerprint density at radius 3 is 2.32 bits per heavy atom. The zero-order valence-corrected chi connectivity index (χ0v) is 14.6. The molecule has 0 saturated heterocycles. The molecule has 1 aromatic heterocycles. The second-order valence-electron chi connectivity index (χ2n) is 5.20. The van der Waals surface area contributed by atoms with Crippen LogP contribution >= 0.6 is 23.2 Å². The maximum Gasteiger partial charge on any atom is 0.254 e. The molecule has 126 valence electrons. The first-order valence-electron chi connectivity index (χ1n) is 7.48. The van der Waals surface area contributed by atoms with Gasteiger partial charge < -0.3 is 10.6 Å². The van der Waals surface area contributed by atoms with Gasteiger partial charge in [-0.3, -0.25) is 4.79 Å². The average Bonchev–Trinajstić information content (AvgIpc) is 2.63. The van der Waals surface area contributed by atoms with Gasteiger partial charge in [0.05, 0.1) is 5.56 Å².